The highest BCUT2D eigenvalue weighted by Crippen LogP contribution is 2.27. The number of benzene rings is 1. The second kappa shape index (κ2) is 6.54. The van der Waals surface area contributed by atoms with Crippen molar-refractivity contribution in [3.05, 3.63) is 47.8 Å². The van der Waals surface area contributed by atoms with Crippen molar-refractivity contribution in [3.8, 4) is 5.75 Å². The number of hydrogen-bond donors (Lipinski definition) is 2. The van der Waals surface area contributed by atoms with Gasteiger partial charge in [-0.25, -0.2) is 0 Å². The molecular weight excluding hydrogens is 254 g/mol. The molecule has 108 valence electrons. The van der Waals surface area contributed by atoms with Crippen molar-refractivity contribution in [2.45, 2.75) is 32.1 Å². The van der Waals surface area contributed by atoms with E-state index in [2.05, 4.69) is 5.10 Å². The summed E-state index contributed by atoms with van der Waals surface area (Å²) >= 11 is 0. The molecule has 5 heteroatoms. The van der Waals surface area contributed by atoms with Gasteiger partial charge in [0.25, 0.3) is 0 Å². The second-order valence-electron chi connectivity index (χ2n) is 4.82. The summed E-state index contributed by atoms with van der Waals surface area (Å²) in [6.45, 7) is 1.96. The normalized spacial score (nSPS) is 14.0. The van der Waals surface area contributed by atoms with Crippen molar-refractivity contribution >= 4 is 0 Å². The van der Waals surface area contributed by atoms with E-state index < -0.39 is 0 Å². The van der Waals surface area contributed by atoms with E-state index >= 15 is 0 Å². The highest BCUT2D eigenvalue weighted by Gasteiger charge is 2.22. The lowest BCUT2D eigenvalue weighted by Gasteiger charge is -2.24. The van der Waals surface area contributed by atoms with Crippen LogP contribution >= 0.6 is 0 Å². The minimum Gasteiger partial charge on any atom is -0.484 e. The molecule has 0 amide bonds. The van der Waals surface area contributed by atoms with Crippen LogP contribution in [0, 0.1) is 0 Å². The molecule has 20 heavy (non-hydrogen) atoms. The van der Waals surface area contributed by atoms with Crippen molar-refractivity contribution in [1.29, 1.82) is 0 Å². The van der Waals surface area contributed by atoms with Gasteiger partial charge in [-0.2, -0.15) is 5.10 Å². The fourth-order valence-electron chi connectivity index (χ4n) is 2.09. The first-order valence-electron chi connectivity index (χ1n) is 6.75. The first-order chi connectivity index (χ1) is 9.65. The maximum atomic E-state index is 9.37. The van der Waals surface area contributed by atoms with Gasteiger partial charge < -0.3 is 15.6 Å². The van der Waals surface area contributed by atoms with E-state index in [9.17, 15) is 5.11 Å². The Morgan fingerprint density at radius 2 is 2.15 bits per heavy atom. The number of hydrogen-bond acceptors (Lipinski definition) is 4. The molecule has 0 aliphatic carbocycles. The summed E-state index contributed by atoms with van der Waals surface area (Å²) in [5.74, 6) is 0.660. The molecule has 2 atom stereocenters. The van der Waals surface area contributed by atoms with Gasteiger partial charge in [-0.1, -0.05) is 25.1 Å². The lowest BCUT2D eigenvalue weighted by Crippen LogP contribution is -2.31. The largest absolute Gasteiger partial charge is 0.484 e. The number of aliphatic hydroxyl groups excluding tert-OH is 1. The van der Waals surface area contributed by atoms with E-state index in [-0.39, 0.29) is 18.8 Å². The average Bonchev–Trinajstić information content (AvgIpc) is 2.90. The molecule has 0 radical (unpaired) electrons. The van der Waals surface area contributed by atoms with Crippen LogP contribution < -0.4 is 10.5 Å². The van der Waals surface area contributed by atoms with Crippen molar-refractivity contribution in [2.24, 2.45) is 12.8 Å². The Morgan fingerprint density at radius 3 is 2.75 bits per heavy atom. The molecule has 1 aromatic heterocycles. The third-order valence-corrected chi connectivity index (χ3v) is 3.31. The highest BCUT2D eigenvalue weighted by atomic mass is 16.5. The van der Waals surface area contributed by atoms with Crippen LogP contribution in [0.1, 0.15) is 30.6 Å². The lowest BCUT2D eigenvalue weighted by molar-refractivity contribution is 0.164. The summed E-state index contributed by atoms with van der Waals surface area (Å²) in [6, 6.07) is 7.31. The minimum atomic E-state index is -0.276. The van der Waals surface area contributed by atoms with Crippen LogP contribution in [0.25, 0.3) is 0 Å². The Balaban J connectivity index is 2.28. The molecule has 0 saturated carbocycles. The summed E-state index contributed by atoms with van der Waals surface area (Å²) in [5, 5.41) is 13.5. The van der Waals surface area contributed by atoms with Crippen LogP contribution in [0.3, 0.4) is 0 Å². The van der Waals surface area contributed by atoms with E-state index in [0.29, 0.717) is 5.75 Å². The van der Waals surface area contributed by atoms with Gasteiger partial charge in [-0.3, -0.25) is 4.68 Å². The number of aryl methyl sites for hydroxylation is 1. The standard InChI is InChI=1S/C15H21N3O2/c1-3-13(16)15(12-8-17-18(2)9-12)20-14-7-5-4-6-11(14)10-19/h4-9,13,15,19H,3,10,16H2,1-2H3. The van der Waals surface area contributed by atoms with Crippen molar-refractivity contribution in [2.75, 3.05) is 0 Å². The number of aromatic nitrogens is 2. The van der Waals surface area contributed by atoms with Gasteiger partial charge in [-0.15, -0.1) is 0 Å². The van der Waals surface area contributed by atoms with E-state index in [1.54, 1.807) is 10.9 Å². The van der Waals surface area contributed by atoms with E-state index in [1.165, 1.54) is 0 Å². The van der Waals surface area contributed by atoms with Gasteiger partial charge in [0, 0.05) is 30.4 Å². The Morgan fingerprint density at radius 1 is 1.40 bits per heavy atom. The summed E-state index contributed by atoms with van der Waals surface area (Å²) < 4.78 is 7.78. The first kappa shape index (κ1) is 14.6. The highest BCUT2D eigenvalue weighted by molar-refractivity contribution is 5.33. The molecule has 1 aromatic carbocycles. The van der Waals surface area contributed by atoms with Crippen LogP contribution in [0.15, 0.2) is 36.7 Å². The van der Waals surface area contributed by atoms with Crippen LogP contribution in [-0.4, -0.2) is 20.9 Å². The molecule has 0 aliphatic rings. The number of nitrogens with two attached hydrogens (primary N) is 1. The smallest absolute Gasteiger partial charge is 0.142 e. The third kappa shape index (κ3) is 3.18. The van der Waals surface area contributed by atoms with Gasteiger partial charge in [0.05, 0.1) is 12.8 Å². The Hall–Kier alpha value is -1.85. The van der Waals surface area contributed by atoms with Gasteiger partial charge in [0.15, 0.2) is 0 Å². The van der Waals surface area contributed by atoms with Gasteiger partial charge in [0.1, 0.15) is 11.9 Å². The number of aliphatic hydroxyl groups is 1. The van der Waals surface area contributed by atoms with Crippen molar-refractivity contribution < 1.29 is 9.84 Å². The van der Waals surface area contributed by atoms with Gasteiger partial charge >= 0.3 is 0 Å². The number of ether oxygens (including phenoxy) is 1. The Kier molecular flexibility index (Phi) is 4.76. The van der Waals surface area contributed by atoms with Crippen LogP contribution in [0.2, 0.25) is 0 Å². The number of nitrogens with zero attached hydrogens (tertiary/aromatic N) is 2. The predicted octanol–water partition coefficient (Wildman–Crippen LogP) is 1.77. The maximum absolute atomic E-state index is 9.37. The summed E-state index contributed by atoms with van der Waals surface area (Å²) in [7, 11) is 1.86. The average molecular weight is 275 g/mol. The summed E-state index contributed by atoms with van der Waals surface area (Å²) in [4.78, 5) is 0. The SMILES string of the molecule is CCC(N)C(Oc1ccccc1CO)c1cnn(C)c1. The monoisotopic (exact) mass is 275 g/mol. The van der Waals surface area contributed by atoms with Crippen molar-refractivity contribution in [3.63, 3.8) is 0 Å². The summed E-state index contributed by atoms with van der Waals surface area (Å²) in [5.41, 5.74) is 7.87. The van der Waals surface area contributed by atoms with Crippen molar-refractivity contribution in [1.82, 2.24) is 9.78 Å². The molecule has 0 fully saturated rings. The zero-order chi connectivity index (χ0) is 14.5. The fourth-order valence-corrected chi connectivity index (χ4v) is 2.09. The van der Waals surface area contributed by atoms with Crippen LogP contribution in [0.4, 0.5) is 0 Å². The fraction of sp³-hybridized carbons (Fsp3) is 0.400. The molecule has 2 unspecified atom stereocenters. The number of para-hydroxylation sites is 1. The van der Waals surface area contributed by atoms with Gasteiger partial charge in [-0.05, 0) is 12.5 Å². The number of rotatable bonds is 6. The Labute approximate surface area is 119 Å². The molecule has 0 aliphatic heterocycles. The summed E-state index contributed by atoms with van der Waals surface area (Å²) in [6.07, 6.45) is 4.19. The lowest BCUT2D eigenvalue weighted by atomic mass is 10.0. The van der Waals surface area contributed by atoms with Crippen LogP contribution in [-0.2, 0) is 13.7 Å². The first-order valence-corrected chi connectivity index (χ1v) is 6.75. The quantitative estimate of drug-likeness (QED) is 0.842. The third-order valence-electron chi connectivity index (χ3n) is 3.31. The Bertz CT molecular complexity index is 554. The molecule has 5 nitrogen and oxygen atoms in total. The molecular formula is C15H21N3O2. The minimum absolute atomic E-state index is 0.0582. The zero-order valence-corrected chi connectivity index (χ0v) is 11.9. The molecule has 0 saturated heterocycles. The van der Waals surface area contributed by atoms with E-state index in [0.717, 1.165) is 17.5 Å². The predicted molar refractivity (Wildman–Crippen MR) is 77.2 cm³/mol. The maximum Gasteiger partial charge on any atom is 0.142 e. The molecule has 0 spiro atoms. The molecule has 2 rings (SSSR count). The van der Waals surface area contributed by atoms with E-state index in [4.69, 9.17) is 10.5 Å². The molecule has 3 N–H and O–H groups in total. The molecule has 2 aromatic rings. The van der Waals surface area contributed by atoms with Crippen LogP contribution in [0.5, 0.6) is 5.75 Å². The molecule has 1 heterocycles. The zero-order valence-electron chi connectivity index (χ0n) is 11.9. The van der Waals surface area contributed by atoms with E-state index in [1.807, 2.05) is 44.4 Å². The topological polar surface area (TPSA) is 73.3 Å². The van der Waals surface area contributed by atoms with Gasteiger partial charge in [0.2, 0.25) is 0 Å². The second-order valence-corrected chi connectivity index (χ2v) is 4.82. The molecule has 0 bridgehead atoms.